The van der Waals surface area contributed by atoms with Crippen LogP contribution in [0, 0.1) is 5.92 Å². The van der Waals surface area contributed by atoms with Crippen LogP contribution >= 0.6 is 0 Å². The maximum absolute atomic E-state index is 6.12. The zero-order valence-electron chi connectivity index (χ0n) is 11.6. The lowest BCUT2D eigenvalue weighted by Crippen LogP contribution is -2.50. The van der Waals surface area contributed by atoms with E-state index in [1.807, 2.05) is 18.2 Å². The maximum Gasteiger partial charge on any atom is 0.208 e. The molecule has 0 bridgehead atoms. The van der Waals surface area contributed by atoms with Crippen molar-refractivity contribution >= 4 is 0 Å². The second-order valence-electron chi connectivity index (χ2n) is 5.41. The van der Waals surface area contributed by atoms with Gasteiger partial charge in [-0.25, -0.2) is 0 Å². The summed E-state index contributed by atoms with van der Waals surface area (Å²) in [4.78, 5) is 2.26. The van der Waals surface area contributed by atoms with E-state index in [0.717, 1.165) is 18.7 Å². The summed E-state index contributed by atoms with van der Waals surface area (Å²) in [5.74, 6) is -0.0974. The van der Waals surface area contributed by atoms with Gasteiger partial charge < -0.3 is 9.47 Å². The largest absolute Gasteiger partial charge is 0.345 e. The molecule has 1 fully saturated rings. The van der Waals surface area contributed by atoms with Gasteiger partial charge in [-0.05, 0) is 13.0 Å². The zero-order valence-corrected chi connectivity index (χ0v) is 11.6. The highest BCUT2D eigenvalue weighted by Gasteiger charge is 2.38. The molecule has 2 rings (SSSR count). The Morgan fingerprint density at radius 1 is 1.33 bits per heavy atom. The van der Waals surface area contributed by atoms with Gasteiger partial charge in [0.15, 0.2) is 0 Å². The van der Waals surface area contributed by atoms with Crippen molar-refractivity contribution in [2.24, 2.45) is 5.92 Å². The van der Waals surface area contributed by atoms with E-state index < -0.39 is 5.79 Å². The maximum atomic E-state index is 6.12. The number of ether oxygens (including phenoxy) is 2. The molecule has 1 unspecified atom stereocenters. The predicted octanol–water partition coefficient (Wildman–Crippen LogP) is 2.47. The molecule has 0 spiro atoms. The summed E-state index contributed by atoms with van der Waals surface area (Å²) in [6, 6.07) is 10.3. The van der Waals surface area contributed by atoms with Crippen LogP contribution in [0.3, 0.4) is 0 Å². The van der Waals surface area contributed by atoms with E-state index >= 15 is 0 Å². The fourth-order valence-electron chi connectivity index (χ4n) is 2.19. The average molecular weight is 249 g/mol. The van der Waals surface area contributed by atoms with Crippen LogP contribution in [-0.2, 0) is 15.3 Å². The first-order valence-corrected chi connectivity index (χ1v) is 6.64. The van der Waals surface area contributed by atoms with Crippen LogP contribution in [0.25, 0.3) is 0 Å². The minimum Gasteiger partial charge on any atom is -0.345 e. The van der Waals surface area contributed by atoms with Crippen molar-refractivity contribution in [3.8, 4) is 0 Å². The van der Waals surface area contributed by atoms with Crippen molar-refractivity contribution in [2.75, 3.05) is 33.4 Å². The number of rotatable bonds is 4. The van der Waals surface area contributed by atoms with E-state index in [2.05, 4.69) is 37.9 Å². The van der Waals surface area contributed by atoms with Gasteiger partial charge in [0.05, 0.1) is 19.8 Å². The van der Waals surface area contributed by atoms with E-state index in [0.29, 0.717) is 19.1 Å². The Kier molecular flexibility index (Phi) is 4.38. The lowest BCUT2D eigenvalue weighted by Gasteiger charge is -2.41. The Morgan fingerprint density at radius 3 is 2.67 bits per heavy atom. The molecule has 1 atom stereocenters. The molecule has 3 nitrogen and oxygen atoms in total. The third-order valence-electron chi connectivity index (χ3n) is 3.15. The summed E-state index contributed by atoms with van der Waals surface area (Å²) < 4.78 is 12.1. The summed E-state index contributed by atoms with van der Waals surface area (Å²) in [6.45, 7) is 7.48. The van der Waals surface area contributed by atoms with Crippen LogP contribution in [0.15, 0.2) is 30.3 Å². The molecule has 0 N–H and O–H groups in total. The third kappa shape index (κ3) is 3.10. The molecular formula is C15H23NO2. The van der Waals surface area contributed by atoms with E-state index in [-0.39, 0.29) is 0 Å². The lowest BCUT2D eigenvalue weighted by atomic mass is 10.0. The summed E-state index contributed by atoms with van der Waals surface area (Å²) in [6.07, 6.45) is 0. The van der Waals surface area contributed by atoms with Crippen LogP contribution in [0.2, 0.25) is 0 Å². The Labute approximate surface area is 110 Å². The number of hydrogen-bond acceptors (Lipinski definition) is 3. The van der Waals surface area contributed by atoms with Crippen LogP contribution in [0.4, 0.5) is 0 Å². The average Bonchev–Trinajstić information content (AvgIpc) is 2.37. The van der Waals surface area contributed by atoms with Crippen molar-refractivity contribution in [3.05, 3.63) is 35.9 Å². The number of benzene rings is 1. The minimum atomic E-state index is -0.599. The monoisotopic (exact) mass is 249 g/mol. The van der Waals surface area contributed by atoms with Gasteiger partial charge in [0.2, 0.25) is 5.79 Å². The highest BCUT2D eigenvalue weighted by molar-refractivity contribution is 5.21. The predicted molar refractivity (Wildman–Crippen MR) is 72.4 cm³/mol. The smallest absolute Gasteiger partial charge is 0.208 e. The molecule has 1 heterocycles. The van der Waals surface area contributed by atoms with E-state index in [1.165, 1.54) is 0 Å². The number of hydrogen-bond donors (Lipinski definition) is 0. The summed E-state index contributed by atoms with van der Waals surface area (Å²) in [5.41, 5.74) is 1.11. The number of likely N-dealkylation sites (N-methyl/N-ethyl adjacent to an activating group) is 1. The highest BCUT2D eigenvalue weighted by Crippen LogP contribution is 2.31. The minimum absolute atomic E-state index is 0.501. The standard InChI is InChI=1S/C15H23NO2/c1-13(2)11-18-15(12-16(3)9-10-17-15)14-7-5-4-6-8-14/h4-8,13H,9-12H2,1-3H3. The van der Waals surface area contributed by atoms with E-state index in [4.69, 9.17) is 9.47 Å². The van der Waals surface area contributed by atoms with Gasteiger partial charge in [0.25, 0.3) is 0 Å². The quantitative estimate of drug-likeness (QED) is 0.818. The molecule has 18 heavy (non-hydrogen) atoms. The molecule has 100 valence electrons. The topological polar surface area (TPSA) is 21.7 Å². The SMILES string of the molecule is CC(C)COC1(c2ccccc2)CN(C)CCO1. The summed E-state index contributed by atoms with van der Waals surface area (Å²) in [7, 11) is 2.11. The first-order valence-electron chi connectivity index (χ1n) is 6.64. The van der Waals surface area contributed by atoms with Gasteiger partial charge in [-0.3, -0.25) is 4.90 Å². The Morgan fingerprint density at radius 2 is 2.06 bits per heavy atom. The molecule has 0 aliphatic carbocycles. The van der Waals surface area contributed by atoms with Gasteiger partial charge in [0.1, 0.15) is 0 Å². The van der Waals surface area contributed by atoms with E-state index in [9.17, 15) is 0 Å². The van der Waals surface area contributed by atoms with Gasteiger partial charge in [-0.15, -0.1) is 0 Å². The van der Waals surface area contributed by atoms with Crippen LogP contribution in [-0.4, -0.2) is 38.3 Å². The number of morpholine rings is 1. The second-order valence-corrected chi connectivity index (χ2v) is 5.41. The van der Waals surface area contributed by atoms with Gasteiger partial charge >= 0.3 is 0 Å². The normalized spacial score (nSPS) is 25.6. The van der Waals surface area contributed by atoms with E-state index in [1.54, 1.807) is 0 Å². The zero-order chi connectivity index (χ0) is 13.0. The Bertz CT molecular complexity index is 366. The first kappa shape index (κ1) is 13.5. The molecular weight excluding hydrogens is 226 g/mol. The fourth-order valence-corrected chi connectivity index (χ4v) is 2.19. The van der Waals surface area contributed by atoms with Crippen molar-refractivity contribution < 1.29 is 9.47 Å². The van der Waals surface area contributed by atoms with Crippen molar-refractivity contribution in [2.45, 2.75) is 19.6 Å². The van der Waals surface area contributed by atoms with Crippen LogP contribution in [0.1, 0.15) is 19.4 Å². The molecule has 0 radical (unpaired) electrons. The lowest BCUT2D eigenvalue weighted by molar-refractivity contribution is -0.277. The number of nitrogens with zero attached hydrogens (tertiary/aromatic N) is 1. The third-order valence-corrected chi connectivity index (χ3v) is 3.15. The van der Waals surface area contributed by atoms with Gasteiger partial charge in [0, 0.05) is 12.1 Å². The summed E-state index contributed by atoms with van der Waals surface area (Å²) >= 11 is 0. The molecule has 1 saturated heterocycles. The van der Waals surface area contributed by atoms with Crippen LogP contribution in [0.5, 0.6) is 0 Å². The second kappa shape index (κ2) is 5.83. The fraction of sp³-hybridized carbons (Fsp3) is 0.600. The molecule has 0 amide bonds. The van der Waals surface area contributed by atoms with Crippen molar-refractivity contribution in [1.82, 2.24) is 4.90 Å². The molecule has 1 aliphatic heterocycles. The first-order chi connectivity index (χ1) is 8.62. The molecule has 0 aromatic heterocycles. The summed E-state index contributed by atoms with van der Waals surface area (Å²) in [5, 5.41) is 0. The molecule has 0 saturated carbocycles. The van der Waals surface area contributed by atoms with Crippen molar-refractivity contribution in [1.29, 1.82) is 0 Å². The molecule has 1 aromatic carbocycles. The highest BCUT2D eigenvalue weighted by atomic mass is 16.7. The van der Waals surface area contributed by atoms with Crippen LogP contribution < -0.4 is 0 Å². The van der Waals surface area contributed by atoms with Gasteiger partial charge in [-0.1, -0.05) is 44.2 Å². The molecule has 1 aliphatic rings. The molecule has 1 aromatic rings. The van der Waals surface area contributed by atoms with Crippen molar-refractivity contribution in [3.63, 3.8) is 0 Å². The Balaban J connectivity index is 2.21. The van der Waals surface area contributed by atoms with Gasteiger partial charge in [-0.2, -0.15) is 0 Å². The molecule has 3 heteroatoms. The Hall–Kier alpha value is -0.900.